The van der Waals surface area contributed by atoms with Crippen LogP contribution in [0.25, 0.3) is 0 Å². The van der Waals surface area contributed by atoms with Gasteiger partial charge >= 0.3 is 0 Å². The van der Waals surface area contributed by atoms with Crippen molar-refractivity contribution >= 4 is 26.0 Å². The Balaban J connectivity index is 1.81. The van der Waals surface area contributed by atoms with Crippen molar-refractivity contribution in [1.29, 1.82) is 0 Å². The normalized spacial score (nSPS) is 18.2. The number of hydrogen-bond acceptors (Lipinski definition) is 8. The van der Waals surface area contributed by atoms with Crippen molar-refractivity contribution in [3.05, 3.63) is 48.5 Å². The number of benzene rings is 2. The summed E-state index contributed by atoms with van der Waals surface area (Å²) in [6, 6.07) is 11.0. The summed E-state index contributed by atoms with van der Waals surface area (Å²) in [7, 11) is -6.27. The summed E-state index contributed by atoms with van der Waals surface area (Å²) < 4.78 is 62.6. The molecule has 0 bridgehead atoms. The van der Waals surface area contributed by atoms with Crippen molar-refractivity contribution in [2.75, 3.05) is 33.0 Å². The molecule has 1 amide bonds. The summed E-state index contributed by atoms with van der Waals surface area (Å²) in [6.07, 6.45) is 0.965. The smallest absolute Gasteiger partial charge is 0.263 e. The van der Waals surface area contributed by atoms with E-state index in [0.29, 0.717) is 17.2 Å². The fourth-order valence-electron chi connectivity index (χ4n) is 3.21. The first-order valence-electron chi connectivity index (χ1n) is 9.39. The third-order valence-electron chi connectivity index (χ3n) is 4.90. The largest absolute Gasteiger partial charge is 0.497 e. The lowest BCUT2D eigenvalue weighted by atomic mass is 10.2. The van der Waals surface area contributed by atoms with E-state index in [9.17, 15) is 21.6 Å². The van der Waals surface area contributed by atoms with Crippen LogP contribution in [0.3, 0.4) is 0 Å². The van der Waals surface area contributed by atoms with E-state index < -0.39 is 38.5 Å². The zero-order chi connectivity index (χ0) is 23.5. The van der Waals surface area contributed by atoms with Crippen molar-refractivity contribution in [3.8, 4) is 17.2 Å². The lowest BCUT2D eigenvalue weighted by molar-refractivity contribution is -0.134. The molecule has 11 nitrogen and oxygen atoms in total. The van der Waals surface area contributed by atoms with E-state index in [1.165, 1.54) is 29.7 Å². The van der Waals surface area contributed by atoms with E-state index in [0.717, 1.165) is 14.9 Å². The molecule has 1 atom stereocenters. The van der Waals surface area contributed by atoms with Crippen LogP contribution in [-0.2, 0) is 24.8 Å². The number of piperazine rings is 1. The fraction of sp³-hybridized carbons (Fsp3) is 0.316. The molecular formula is C19H23N3O8S2. The number of ether oxygens (including phenoxy) is 2. The number of sulfonamides is 2. The van der Waals surface area contributed by atoms with Gasteiger partial charge in [-0.25, -0.2) is 22.3 Å². The lowest BCUT2D eigenvalue weighted by Gasteiger charge is -2.38. The van der Waals surface area contributed by atoms with Gasteiger partial charge in [-0.3, -0.25) is 10.0 Å². The molecule has 1 heterocycles. The van der Waals surface area contributed by atoms with Crippen LogP contribution in [0.4, 0.5) is 0 Å². The number of nitrogens with zero attached hydrogens (tertiary/aromatic N) is 2. The molecule has 32 heavy (non-hydrogen) atoms. The number of nitrogens with one attached hydrogen (secondary N) is 1. The molecule has 2 aromatic rings. The van der Waals surface area contributed by atoms with E-state index in [-0.39, 0.29) is 18.0 Å². The predicted octanol–water partition coefficient (Wildman–Crippen LogP) is 0.627. The van der Waals surface area contributed by atoms with E-state index >= 15 is 0 Å². The molecule has 3 rings (SSSR count). The second kappa shape index (κ2) is 9.42. The van der Waals surface area contributed by atoms with E-state index in [1.54, 1.807) is 31.4 Å². The van der Waals surface area contributed by atoms with Gasteiger partial charge < -0.3 is 9.47 Å². The van der Waals surface area contributed by atoms with Crippen LogP contribution in [0.2, 0.25) is 0 Å². The molecule has 1 saturated heterocycles. The maximum Gasteiger partial charge on any atom is 0.263 e. The number of carbonyl (C=O) groups is 1. The van der Waals surface area contributed by atoms with Crippen LogP contribution in [0.1, 0.15) is 0 Å². The Hall–Kier alpha value is -2.71. The maximum absolute atomic E-state index is 13.2. The third-order valence-corrected chi connectivity index (χ3v) is 8.09. The number of amides is 1. The Kier molecular flexibility index (Phi) is 7.05. The van der Waals surface area contributed by atoms with Gasteiger partial charge in [0.1, 0.15) is 23.3 Å². The van der Waals surface area contributed by atoms with Crippen LogP contribution >= 0.6 is 0 Å². The molecule has 0 aliphatic carbocycles. The Labute approximate surface area is 186 Å². The van der Waals surface area contributed by atoms with E-state index in [1.807, 2.05) is 0 Å². The van der Waals surface area contributed by atoms with Gasteiger partial charge in [0.2, 0.25) is 20.0 Å². The van der Waals surface area contributed by atoms with Crippen molar-refractivity contribution < 1.29 is 36.3 Å². The Bertz CT molecular complexity index is 1170. The summed E-state index contributed by atoms with van der Waals surface area (Å²) in [5.74, 6) is 0.552. The standard InChI is InChI=1S/C19H23N3O8S2/c1-29-14-3-5-15(6-4-14)30-16-7-9-17(10-8-16)32(27,28)22-12-11-21(31(2,25)26)13-18(22)19(23)20-24/h3-10,18,24H,11-13H2,1-2H3,(H,20,23)/t18-/m1/s1. The monoisotopic (exact) mass is 485 g/mol. The van der Waals surface area contributed by atoms with Gasteiger partial charge in [0.25, 0.3) is 5.91 Å². The first kappa shape index (κ1) is 23.9. The first-order chi connectivity index (χ1) is 15.1. The number of rotatable bonds is 7. The molecule has 0 aromatic heterocycles. The molecular weight excluding hydrogens is 462 g/mol. The summed E-state index contributed by atoms with van der Waals surface area (Å²) in [5.41, 5.74) is 1.41. The van der Waals surface area contributed by atoms with Gasteiger partial charge in [0.15, 0.2) is 0 Å². The number of carbonyl (C=O) groups excluding carboxylic acids is 1. The molecule has 0 saturated carbocycles. The fourth-order valence-corrected chi connectivity index (χ4v) is 5.61. The number of hydroxylamine groups is 1. The quantitative estimate of drug-likeness (QED) is 0.429. The van der Waals surface area contributed by atoms with Crippen molar-refractivity contribution in [2.45, 2.75) is 10.9 Å². The summed E-state index contributed by atoms with van der Waals surface area (Å²) in [5, 5.41) is 9.03. The van der Waals surface area contributed by atoms with Crippen LogP contribution in [-0.4, -0.2) is 75.6 Å². The summed E-state index contributed by atoms with van der Waals surface area (Å²) in [4.78, 5) is 12.0. The minimum atomic E-state index is -4.17. The minimum Gasteiger partial charge on any atom is -0.497 e. The molecule has 1 fully saturated rings. The summed E-state index contributed by atoms with van der Waals surface area (Å²) in [6.45, 7) is -0.785. The molecule has 2 N–H and O–H groups in total. The third kappa shape index (κ3) is 5.19. The second-order valence-electron chi connectivity index (χ2n) is 6.98. The van der Waals surface area contributed by atoms with Crippen LogP contribution < -0.4 is 15.0 Å². The highest BCUT2D eigenvalue weighted by Crippen LogP contribution is 2.27. The van der Waals surface area contributed by atoms with Gasteiger partial charge in [-0.15, -0.1) is 0 Å². The Morgan fingerprint density at radius 1 is 0.969 bits per heavy atom. The van der Waals surface area contributed by atoms with Crippen LogP contribution in [0, 0.1) is 0 Å². The molecule has 2 aromatic carbocycles. The predicted molar refractivity (Wildman–Crippen MR) is 114 cm³/mol. The number of methoxy groups -OCH3 is 1. The first-order valence-corrected chi connectivity index (χ1v) is 12.7. The molecule has 1 aliphatic rings. The van der Waals surface area contributed by atoms with Crippen LogP contribution in [0.15, 0.2) is 53.4 Å². The Morgan fingerprint density at radius 3 is 2.00 bits per heavy atom. The van der Waals surface area contributed by atoms with E-state index in [2.05, 4.69) is 0 Å². The zero-order valence-electron chi connectivity index (χ0n) is 17.3. The van der Waals surface area contributed by atoms with Crippen molar-refractivity contribution in [3.63, 3.8) is 0 Å². The average Bonchev–Trinajstić information content (AvgIpc) is 2.78. The Morgan fingerprint density at radius 2 is 1.50 bits per heavy atom. The van der Waals surface area contributed by atoms with Gasteiger partial charge in [-0.2, -0.15) is 8.61 Å². The average molecular weight is 486 g/mol. The van der Waals surface area contributed by atoms with Gasteiger partial charge in [-0.05, 0) is 48.5 Å². The van der Waals surface area contributed by atoms with Crippen LogP contribution in [0.5, 0.6) is 17.2 Å². The zero-order valence-corrected chi connectivity index (χ0v) is 19.0. The maximum atomic E-state index is 13.2. The molecule has 0 radical (unpaired) electrons. The van der Waals surface area contributed by atoms with Gasteiger partial charge in [0.05, 0.1) is 18.3 Å². The SMILES string of the molecule is COc1ccc(Oc2ccc(S(=O)(=O)N3CCN(S(C)(=O)=O)C[C@@H]3C(=O)NO)cc2)cc1. The minimum absolute atomic E-state index is 0.108. The van der Waals surface area contributed by atoms with Crippen molar-refractivity contribution in [2.24, 2.45) is 0 Å². The van der Waals surface area contributed by atoms with Gasteiger partial charge in [0, 0.05) is 19.6 Å². The molecule has 1 aliphatic heterocycles. The molecule has 13 heteroatoms. The molecule has 0 unspecified atom stereocenters. The number of hydrogen-bond donors (Lipinski definition) is 2. The highest BCUT2D eigenvalue weighted by Gasteiger charge is 2.42. The van der Waals surface area contributed by atoms with E-state index in [4.69, 9.17) is 14.7 Å². The van der Waals surface area contributed by atoms with Crippen molar-refractivity contribution in [1.82, 2.24) is 14.1 Å². The second-order valence-corrected chi connectivity index (χ2v) is 10.9. The highest BCUT2D eigenvalue weighted by atomic mass is 32.2. The molecule has 0 spiro atoms. The lowest BCUT2D eigenvalue weighted by Crippen LogP contribution is -2.60. The summed E-state index contributed by atoms with van der Waals surface area (Å²) >= 11 is 0. The van der Waals surface area contributed by atoms with Gasteiger partial charge in [-0.1, -0.05) is 0 Å². The highest BCUT2D eigenvalue weighted by molar-refractivity contribution is 7.89. The topological polar surface area (TPSA) is 143 Å². The molecule has 174 valence electrons.